The number of nitrogens with one attached hydrogen (secondary N) is 1. The molecule has 4 rings (SSSR count). The Bertz CT molecular complexity index is 1150. The number of thiophene rings is 1. The fraction of sp³-hybridized carbons (Fsp3) is 0.0625. The minimum atomic E-state index is 0.131. The molecule has 0 aliphatic rings. The number of benzene rings is 1. The summed E-state index contributed by atoms with van der Waals surface area (Å²) in [4.78, 5) is 25.5. The first-order valence-corrected chi connectivity index (χ1v) is 10.6. The molecule has 0 radical (unpaired) electrons. The number of rotatable bonds is 3. The van der Waals surface area contributed by atoms with E-state index in [0.29, 0.717) is 10.2 Å². The molecule has 1 aromatic carbocycles. The number of alkyl halides is 1. The summed E-state index contributed by atoms with van der Waals surface area (Å²) in [5, 5.41) is 1.73. The lowest BCUT2D eigenvalue weighted by molar-refractivity contribution is 0.102. The molecule has 0 saturated heterocycles. The van der Waals surface area contributed by atoms with Crippen LogP contribution in [0.15, 0.2) is 24.4 Å². The van der Waals surface area contributed by atoms with Crippen LogP contribution in [-0.4, -0.2) is 25.2 Å². The third-order valence-corrected chi connectivity index (χ3v) is 6.78. The van der Waals surface area contributed by atoms with Gasteiger partial charge in [0.2, 0.25) is 5.95 Å². The van der Waals surface area contributed by atoms with Gasteiger partial charge in [0.05, 0.1) is 29.3 Å². The number of nitrogens with two attached hydrogens (primary N) is 2. The van der Waals surface area contributed by atoms with Crippen LogP contribution in [0, 0.1) is 3.57 Å². The van der Waals surface area contributed by atoms with Crippen LogP contribution < -0.4 is 11.5 Å². The Hall–Kier alpha value is -1.47. The van der Waals surface area contributed by atoms with Gasteiger partial charge in [0.25, 0.3) is 0 Å². The lowest BCUT2D eigenvalue weighted by Crippen LogP contribution is -2.02. The van der Waals surface area contributed by atoms with Crippen molar-refractivity contribution in [3.63, 3.8) is 0 Å². The van der Waals surface area contributed by atoms with Crippen LogP contribution in [0.25, 0.3) is 32.2 Å². The van der Waals surface area contributed by atoms with Gasteiger partial charge in [-0.15, -0.1) is 11.3 Å². The normalized spacial score (nSPS) is 11.4. The number of nitrogen functional groups attached to an aromatic ring is 2. The van der Waals surface area contributed by atoms with E-state index in [1.165, 1.54) is 11.3 Å². The van der Waals surface area contributed by atoms with Crippen molar-refractivity contribution in [2.45, 2.75) is 0 Å². The Morgan fingerprint density at radius 3 is 2.80 bits per heavy atom. The molecule has 0 bridgehead atoms. The summed E-state index contributed by atoms with van der Waals surface area (Å²) in [6.07, 6.45) is 1.87. The van der Waals surface area contributed by atoms with Crippen molar-refractivity contribution in [3.8, 4) is 10.4 Å². The van der Waals surface area contributed by atoms with Gasteiger partial charge in [-0.1, -0.05) is 22.6 Å². The number of anilines is 2. The maximum absolute atomic E-state index is 12.0. The van der Waals surface area contributed by atoms with Crippen molar-refractivity contribution < 1.29 is 4.79 Å². The van der Waals surface area contributed by atoms with E-state index in [9.17, 15) is 4.79 Å². The van der Waals surface area contributed by atoms with E-state index >= 15 is 0 Å². The smallest absolute Gasteiger partial charge is 0.222 e. The number of nitrogens with zero attached hydrogens (tertiary/aromatic N) is 2. The molecule has 25 heavy (non-hydrogen) atoms. The predicted octanol–water partition coefficient (Wildman–Crippen LogP) is 4.23. The number of carbonyl (C=O) groups excluding carboxylic acids is 1. The largest absolute Gasteiger partial charge is 0.383 e. The predicted molar refractivity (Wildman–Crippen MR) is 119 cm³/mol. The van der Waals surface area contributed by atoms with E-state index in [0.717, 1.165) is 40.7 Å². The molecule has 6 nitrogen and oxygen atoms in total. The highest BCUT2D eigenvalue weighted by molar-refractivity contribution is 14.1. The van der Waals surface area contributed by atoms with Crippen molar-refractivity contribution in [1.29, 1.82) is 0 Å². The lowest BCUT2D eigenvalue weighted by atomic mass is 10.0. The number of H-pyrrole nitrogens is 1. The minimum Gasteiger partial charge on any atom is -0.383 e. The van der Waals surface area contributed by atoms with E-state index in [1.807, 2.05) is 24.4 Å². The van der Waals surface area contributed by atoms with Gasteiger partial charge in [0, 0.05) is 22.0 Å². The number of hydrogen-bond donors (Lipinski definition) is 3. The van der Waals surface area contributed by atoms with Crippen molar-refractivity contribution in [2.24, 2.45) is 0 Å². The fourth-order valence-corrected chi connectivity index (χ4v) is 5.66. The fourth-order valence-electron chi connectivity index (χ4n) is 2.85. The monoisotopic (exact) mass is 575 g/mol. The first-order valence-electron chi connectivity index (χ1n) is 7.22. The highest BCUT2D eigenvalue weighted by Gasteiger charge is 2.20. The first-order chi connectivity index (χ1) is 12.0. The third kappa shape index (κ3) is 2.68. The molecule has 5 N–H and O–H groups in total. The summed E-state index contributed by atoms with van der Waals surface area (Å²) in [5.41, 5.74) is 14.6. The second-order valence-corrected chi connectivity index (χ2v) is 8.29. The lowest BCUT2D eigenvalue weighted by Gasteiger charge is -2.11. The zero-order valence-electron chi connectivity index (χ0n) is 12.6. The average Bonchev–Trinajstić information content (AvgIpc) is 3.24. The van der Waals surface area contributed by atoms with Crippen LogP contribution in [0.4, 0.5) is 11.8 Å². The molecule has 0 fully saturated rings. The molecule has 3 heterocycles. The number of carbonyl (C=O) groups is 1. The molecule has 0 aliphatic carbocycles. The Morgan fingerprint density at radius 2 is 2.04 bits per heavy atom. The maximum atomic E-state index is 12.0. The third-order valence-electron chi connectivity index (χ3n) is 3.90. The summed E-state index contributed by atoms with van der Waals surface area (Å²) in [6, 6.07) is 5.80. The van der Waals surface area contributed by atoms with Crippen molar-refractivity contribution in [1.82, 2.24) is 15.0 Å². The SMILES string of the molecule is Nc1nc(N)c2c(n1)c(I)c(-c1ccc(C(=O)CI)s1)c1[nH]ccc12. The van der Waals surface area contributed by atoms with E-state index in [-0.39, 0.29) is 11.7 Å². The highest BCUT2D eigenvalue weighted by atomic mass is 127. The van der Waals surface area contributed by atoms with Gasteiger partial charge in [-0.25, -0.2) is 4.98 Å². The van der Waals surface area contributed by atoms with Crippen LogP contribution >= 0.6 is 56.5 Å². The van der Waals surface area contributed by atoms with Crippen LogP contribution in [0.5, 0.6) is 0 Å². The van der Waals surface area contributed by atoms with Crippen LogP contribution in [-0.2, 0) is 0 Å². The summed E-state index contributed by atoms with van der Waals surface area (Å²) >= 11 is 5.82. The minimum absolute atomic E-state index is 0.131. The topological polar surface area (TPSA) is 111 Å². The average molecular weight is 575 g/mol. The van der Waals surface area contributed by atoms with E-state index < -0.39 is 0 Å². The number of Topliss-reactive ketones (excluding diaryl/α,β-unsaturated/α-hetero) is 1. The van der Waals surface area contributed by atoms with E-state index in [1.54, 1.807) is 0 Å². The number of aromatic amines is 1. The second-order valence-electron chi connectivity index (χ2n) is 5.37. The van der Waals surface area contributed by atoms with Crippen molar-refractivity contribution >= 4 is 95.9 Å². The standard InChI is InChI=1S/C16H11I2N5OS/c17-5-7(24)8-1-2-9(25-8)11-12(18)14-10(6-3-4-21-13(6)11)15(19)23-16(20)22-14/h1-4,21H,5H2,(H4,19,20,22,23). The summed E-state index contributed by atoms with van der Waals surface area (Å²) in [5.74, 6) is 0.644. The molecule has 0 unspecified atom stereocenters. The molecule has 9 heteroatoms. The molecule has 3 aromatic heterocycles. The number of hydrogen-bond acceptors (Lipinski definition) is 6. The van der Waals surface area contributed by atoms with E-state index in [4.69, 9.17) is 11.5 Å². The van der Waals surface area contributed by atoms with Crippen LogP contribution in [0.1, 0.15) is 9.67 Å². The van der Waals surface area contributed by atoms with Gasteiger partial charge in [-0.2, -0.15) is 4.98 Å². The summed E-state index contributed by atoms with van der Waals surface area (Å²) in [6.45, 7) is 0. The Labute approximate surface area is 173 Å². The van der Waals surface area contributed by atoms with Gasteiger partial charge in [0.1, 0.15) is 5.82 Å². The second kappa shape index (κ2) is 6.36. The highest BCUT2D eigenvalue weighted by Crippen LogP contribution is 2.42. The molecule has 126 valence electrons. The molecule has 0 atom stereocenters. The van der Waals surface area contributed by atoms with Gasteiger partial charge in [0.15, 0.2) is 5.78 Å². The van der Waals surface area contributed by atoms with Crippen molar-refractivity contribution in [2.75, 3.05) is 15.9 Å². The molecular formula is C16H11I2N5OS. The zero-order valence-corrected chi connectivity index (χ0v) is 17.8. The Morgan fingerprint density at radius 1 is 1.24 bits per heavy atom. The number of ketones is 1. The van der Waals surface area contributed by atoms with Gasteiger partial charge in [-0.3, -0.25) is 4.79 Å². The van der Waals surface area contributed by atoms with E-state index in [2.05, 4.69) is 60.1 Å². The van der Waals surface area contributed by atoms with Gasteiger partial charge >= 0.3 is 0 Å². The van der Waals surface area contributed by atoms with Crippen molar-refractivity contribution in [3.05, 3.63) is 32.8 Å². The maximum Gasteiger partial charge on any atom is 0.222 e. The zero-order chi connectivity index (χ0) is 17.7. The molecule has 0 saturated carbocycles. The summed E-state index contributed by atoms with van der Waals surface area (Å²) < 4.78 is 1.39. The van der Waals surface area contributed by atoms with Gasteiger partial charge in [-0.05, 0) is 40.8 Å². The molecule has 0 spiro atoms. The number of halogens is 2. The van der Waals surface area contributed by atoms with Crippen LogP contribution in [0.3, 0.4) is 0 Å². The quantitative estimate of drug-likeness (QED) is 0.193. The molecule has 4 aromatic rings. The first kappa shape index (κ1) is 17.0. The number of fused-ring (bicyclic) bond motifs is 3. The molecule has 0 amide bonds. The Balaban J connectivity index is 2.09. The molecular weight excluding hydrogens is 564 g/mol. The van der Waals surface area contributed by atoms with Crippen LogP contribution in [0.2, 0.25) is 0 Å². The number of aromatic nitrogens is 3. The Kier molecular flexibility index (Phi) is 4.32. The molecule has 0 aliphatic heterocycles. The van der Waals surface area contributed by atoms with Gasteiger partial charge < -0.3 is 16.5 Å². The summed E-state index contributed by atoms with van der Waals surface area (Å²) in [7, 11) is 0.